The minimum absolute atomic E-state index is 0.266. The first-order valence-electron chi connectivity index (χ1n) is 7.30. The summed E-state index contributed by atoms with van der Waals surface area (Å²) in [7, 11) is 1.95. The number of rotatable bonds is 3. The van der Waals surface area contributed by atoms with Crippen LogP contribution in [0.25, 0.3) is 11.0 Å². The molecule has 1 aliphatic rings. The molecule has 4 heteroatoms. The number of carboxylic acid groups (broad SMARTS) is 1. The van der Waals surface area contributed by atoms with Crippen LogP contribution in [0, 0.1) is 5.92 Å². The maximum Gasteiger partial charge on any atom is 0.311 e. The van der Waals surface area contributed by atoms with Gasteiger partial charge in [-0.05, 0) is 36.5 Å². The van der Waals surface area contributed by atoms with Crippen LogP contribution in [0.2, 0.25) is 0 Å². The topological polar surface area (TPSA) is 55.1 Å². The van der Waals surface area contributed by atoms with E-state index in [1.54, 1.807) is 6.33 Å². The molecule has 1 atom stereocenters. The Balaban J connectivity index is 1.98. The van der Waals surface area contributed by atoms with E-state index in [1.807, 2.05) is 29.8 Å². The molecule has 1 N–H and O–H groups in total. The fourth-order valence-electron chi connectivity index (χ4n) is 3.43. The zero-order valence-electron chi connectivity index (χ0n) is 11.7. The molecule has 1 fully saturated rings. The zero-order valence-corrected chi connectivity index (χ0v) is 11.7. The quantitative estimate of drug-likeness (QED) is 0.932. The summed E-state index contributed by atoms with van der Waals surface area (Å²) in [5, 5.41) is 9.63. The Morgan fingerprint density at radius 1 is 1.35 bits per heavy atom. The number of aliphatic carboxylic acids is 1. The average Bonchev–Trinajstić information content (AvgIpc) is 2.81. The van der Waals surface area contributed by atoms with E-state index in [0.717, 1.165) is 42.3 Å². The summed E-state index contributed by atoms with van der Waals surface area (Å²) in [5.41, 5.74) is 2.82. The van der Waals surface area contributed by atoms with Crippen LogP contribution >= 0.6 is 0 Å². The number of benzene rings is 1. The van der Waals surface area contributed by atoms with Crippen LogP contribution in [0.3, 0.4) is 0 Å². The van der Waals surface area contributed by atoms with Gasteiger partial charge in [0, 0.05) is 7.05 Å². The van der Waals surface area contributed by atoms with Gasteiger partial charge < -0.3 is 9.67 Å². The maximum absolute atomic E-state index is 11.7. The van der Waals surface area contributed by atoms with E-state index in [2.05, 4.69) is 4.98 Å². The van der Waals surface area contributed by atoms with E-state index in [1.165, 1.54) is 6.42 Å². The van der Waals surface area contributed by atoms with E-state index in [-0.39, 0.29) is 11.8 Å². The van der Waals surface area contributed by atoms with Gasteiger partial charge in [0.15, 0.2) is 0 Å². The summed E-state index contributed by atoms with van der Waals surface area (Å²) < 4.78 is 1.95. The summed E-state index contributed by atoms with van der Waals surface area (Å²) in [6.07, 6.45) is 7.36. The Morgan fingerprint density at radius 3 is 2.80 bits per heavy atom. The van der Waals surface area contributed by atoms with Crippen LogP contribution in [0.1, 0.15) is 43.6 Å². The van der Waals surface area contributed by atoms with Gasteiger partial charge in [-0.25, -0.2) is 4.98 Å². The Hall–Kier alpha value is -1.84. The van der Waals surface area contributed by atoms with Crippen LogP contribution in [-0.4, -0.2) is 20.6 Å². The molecule has 106 valence electrons. The molecule has 3 rings (SSSR count). The van der Waals surface area contributed by atoms with Gasteiger partial charge in [-0.15, -0.1) is 0 Å². The van der Waals surface area contributed by atoms with Crippen molar-refractivity contribution in [2.24, 2.45) is 13.0 Å². The van der Waals surface area contributed by atoms with Crippen molar-refractivity contribution in [3.63, 3.8) is 0 Å². The molecule has 1 aromatic carbocycles. The summed E-state index contributed by atoms with van der Waals surface area (Å²) in [6.45, 7) is 0. The van der Waals surface area contributed by atoms with Crippen molar-refractivity contribution in [2.45, 2.75) is 38.0 Å². The van der Waals surface area contributed by atoms with Crippen molar-refractivity contribution in [1.82, 2.24) is 9.55 Å². The SMILES string of the molecule is Cn1cnc2cc(C(C(=O)O)C3CCCCC3)ccc21. The Bertz CT molecular complexity index is 626. The monoisotopic (exact) mass is 272 g/mol. The van der Waals surface area contributed by atoms with E-state index in [4.69, 9.17) is 0 Å². The highest BCUT2D eigenvalue weighted by Crippen LogP contribution is 2.37. The van der Waals surface area contributed by atoms with E-state index >= 15 is 0 Å². The third kappa shape index (κ3) is 2.30. The Labute approximate surface area is 118 Å². The first kappa shape index (κ1) is 13.2. The number of carboxylic acids is 1. The number of nitrogens with zero attached hydrogens (tertiary/aromatic N) is 2. The van der Waals surface area contributed by atoms with Crippen LogP contribution in [0.15, 0.2) is 24.5 Å². The van der Waals surface area contributed by atoms with E-state index in [0.29, 0.717) is 0 Å². The zero-order chi connectivity index (χ0) is 14.1. The lowest BCUT2D eigenvalue weighted by molar-refractivity contribution is -0.140. The molecule has 1 unspecified atom stereocenters. The lowest BCUT2D eigenvalue weighted by Crippen LogP contribution is -2.23. The standard InChI is InChI=1S/C16H20N2O2/c1-18-10-17-13-9-12(7-8-14(13)18)15(16(19)20)11-5-3-2-4-6-11/h7-11,15H,2-6H2,1H3,(H,19,20). The predicted octanol–water partition coefficient (Wildman–Crippen LogP) is 3.32. The molecular weight excluding hydrogens is 252 g/mol. The molecule has 0 bridgehead atoms. The second kappa shape index (κ2) is 5.27. The lowest BCUT2D eigenvalue weighted by Gasteiger charge is -2.27. The summed E-state index contributed by atoms with van der Waals surface area (Å²) >= 11 is 0. The van der Waals surface area contributed by atoms with Gasteiger partial charge in [-0.1, -0.05) is 25.3 Å². The average molecular weight is 272 g/mol. The summed E-state index contributed by atoms with van der Waals surface area (Å²) in [5.74, 6) is -0.823. The summed E-state index contributed by atoms with van der Waals surface area (Å²) in [4.78, 5) is 16.1. The highest BCUT2D eigenvalue weighted by Gasteiger charge is 2.31. The molecular formula is C16H20N2O2. The van der Waals surface area contributed by atoms with Gasteiger partial charge >= 0.3 is 5.97 Å². The molecule has 1 aliphatic carbocycles. The van der Waals surface area contributed by atoms with Gasteiger partial charge in [-0.3, -0.25) is 4.79 Å². The number of imidazole rings is 1. The van der Waals surface area contributed by atoms with E-state index < -0.39 is 5.97 Å². The first-order valence-corrected chi connectivity index (χ1v) is 7.30. The molecule has 20 heavy (non-hydrogen) atoms. The highest BCUT2D eigenvalue weighted by atomic mass is 16.4. The molecule has 0 spiro atoms. The Morgan fingerprint density at radius 2 is 2.10 bits per heavy atom. The number of aryl methyl sites for hydroxylation is 1. The van der Waals surface area contributed by atoms with Crippen LogP contribution < -0.4 is 0 Å². The number of fused-ring (bicyclic) bond motifs is 1. The molecule has 4 nitrogen and oxygen atoms in total. The third-order valence-electron chi connectivity index (χ3n) is 4.50. The van der Waals surface area contributed by atoms with Crippen molar-refractivity contribution in [1.29, 1.82) is 0 Å². The minimum atomic E-state index is -0.702. The maximum atomic E-state index is 11.7. The lowest BCUT2D eigenvalue weighted by atomic mass is 9.77. The fourth-order valence-corrected chi connectivity index (χ4v) is 3.43. The van der Waals surface area contributed by atoms with E-state index in [9.17, 15) is 9.90 Å². The first-order chi connectivity index (χ1) is 9.66. The number of carbonyl (C=O) groups is 1. The van der Waals surface area contributed by atoms with Crippen LogP contribution in [-0.2, 0) is 11.8 Å². The molecule has 0 saturated heterocycles. The second-order valence-electron chi connectivity index (χ2n) is 5.82. The van der Waals surface area contributed by atoms with Crippen molar-refractivity contribution >= 4 is 17.0 Å². The molecule has 1 saturated carbocycles. The highest BCUT2D eigenvalue weighted by molar-refractivity contribution is 5.81. The fraction of sp³-hybridized carbons (Fsp3) is 0.500. The van der Waals surface area contributed by atoms with Gasteiger partial charge in [0.1, 0.15) is 0 Å². The van der Waals surface area contributed by atoms with Crippen LogP contribution in [0.5, 0.6) is 0 Å². The van der Waals surface area contributed by atoms with Crippen molar-refractivity contribution in [3.05, 3.63) is 30.1 Å². The molecule has 0 radical (unpaired) electrons. The Kier molecular flexibility index (Phi) is 3.47. The molecule has 0 aliphatic heterocycles. The molecule has 1 aromatic heterocycles. The number of hydrogen-bond acceptors (Lipinski definition) is 2. The summed E-state index contributed by atoms with van der Waals surface area (Å²) in [6, 6.07) is 5.89. The predicted molar refractivity (Wildman–Crippen MR) is 77.7 cm³/mol. The van der Waals surface area contributed by atoms with Gasteiger partial charge in [-0.2, -0.15) is 0 Å². The smallest absolute Gasteiger partial charge is 0.311 e. The van der Waals surface area contributed by atoms with Gasteiger partial charge in [0.2, 0.25) is 0 Å². The van der Waals surface area contributed by atoms with Gasteiger partial charge in [0.25, 0.3) is 0 Å². The van der Waals surface area contributed by atoms with Crippen LogP contribution in [0.4, 0.5) is 0 Å². The van der Waals surface area contributed by atoms with Crippen molar-refractivity contribution in [3.8, 4) is 0 Å². The van der Waals surface area contributed by atoms with Crippen molar-refractivity contribution < 1.29 is 9.90 Å². The minimum Gasteiger partial charge on any atom is -0.481 e. The molecule has 2 aromatic rings. The molecule has 0 amide bonds. The number of hydrogen-bond donors (Lipinski definition) is 1. The second-order valence-corrected chi connectivity index (χ2v) is 5.82. The molecule has 1 heterocycles. The normalized spacial score (nSPS) is 18.2. The largest absolute Gasteiger partial charge is 0.481 e. The van der Waals surface area contributed by atoms with Gasteiger partial charge in [0.05, 0.1) is 23.3 Å². The number of aromatic nitrogens is 2. The van der Waals surface area contributed by atoms with Crippen molar-refractivity contribution in [2.75, 3.05) is 0 Å². The third-order valence-corrected chi connectivity index (χ3v) is 4.50.